The van der Waals surface area contributed by atoms with Gasteiger partial charge in [0.05, 0.1) is 27.4 Å². The maximum absolute atomic E-state index is 14.4. The van der Waals surface area contributed by atoms with Gasteiger partial charge in [-0.25, -0.2) is 4.39 Å². The number of carbonyl (C=O) groups excluding carboxylic acids is 2. The van der Waals surface area contributed by atoms with Gasteiger partial charge in [0, 0.05) is 5.56 Å². The van der Waals surface area contributed by atoms with E-state index in [9.17, 15) is 14.0 Å². The first-order valence-electron chi connectivity index (χ1n) is 7.59. The van der Waals surface area contributed by atoms with Crippen molar-refractivity contribution in [3.05, 3.63) is 71.5 Å². The van der Waals surface area contributed by atoms with E-state index in [1.54, 1.807) is 0 Å². The second-order valence-corrected chi connectivity index (χ2v) is 5.35. The van der Waals surface area contributed by atoms with Gasteiger partial charge in [-0.15, -0.1) is 0 Å². The lowest BCUT2D eigenvalue weighted by Gasteiger charge is -2.28. The SMILES string of the molecule is COC(=O)C(COCc1ccccc1)(C(=O)OC)c1ccccc1F. The molecule has 0 atom stereocenters. The highest BCUT2D eigenvalue weighted by Gasteiger charge is 2.52. The Morgan fingerprint density at radius 3 is 2.04 bits per heavy atom. The largest absolute Gasteiger partial charge is 0.468 e. The highest BCUT2D eigenvalue weighted by atomic mass is 19.1. The van der Waals surface area contributed by atoms with Crippen LogP contribution in [-0.4, -0.2) is 32.8 Å². The Bertz CT molecular complexity index is 714. The Labute approximate surface area is 145 Å². The molecular formula is C19H19FO5. The van der Waals surface area contributed by atoms with Gasteiger partial charge in [0.15, 0.2) is 0 Å². The molecule has 0 heterocycles. The molecule has 0 aliphatic rings. The van der Waals surface area contributed by atoms with Crippen molar-refractivity contribution in [2.75, 3.05) is 20.8 Å². The zero-order valence-electron chi connectivity index (χ0n) is 14.0. The molecular weight excluding hydrogens is 327 g/mol. The summed E-state index contributed by atoms with van der Waals surface area (Å²) in [6.07, 6.45) is 0. The van der Waals surface area contributed by atoms with Gasteiger partial charge in [-0.1, -0.05) is 48.5 Å². The molecule has 0 saturated carbocycles. The molecule has 0 aliphatic carbocycles. The summed E-state index contributed by atoms with van der Waals surface area (Å²) in [7, 11) is 2.25. The van der Waals surface area contributed by atoms with Crippen LogP contribution in [0, 0.1) is 5.82 Å². The number of halogens is 1. The Kier molecular flexibility index (Phi) is 6.25. The quantitative estimate of drug-likeness (QED) is 0.570. The monoisotopic (exact) mass is 346 g/mol. The fraction of sp³-hybridized carbons (Fsp3) is 0.263. The molecule has 0 aromatic heterocycles. The van der Waals surface area contributed by atoms with Crippen molar-refractivity contribution in [1.29, 1.82) is 0 Å². The summed E-state index contributed by atoms with van der Waals surface area (Å²) < 4.78 is 29.5. The second kappa shape index (κ2) is 8.39. The van der Waals surface area contributed by atoms with Crippen LogP contribution in [0.15, 0.2) is 54.6 Å². The van der Waals surface area contributed by atoms with Crippen LogP contribution < -0.4 is 0 Å². The lowest BCUT2D eigenvalue weighted by Crippen LogP contribution is -2.49. The summed E-state index contributed by atoms with van der Waals surface area (Å²) in [6, 6.07) is 14.7. The van der Waals surface area contributed by atoms with E-state index in [0.29, 0.717) is 0 Å². The highest BCUT2D eigenvalue weighted by Crippen LogP contribution is 2.30. The smallest absolute Gasteiger partial charge is 0.330 e. The molecule has 0 unspecified atom stereocenters. The van der Waals surface area contributed by atoms with E-state index in [4.69, 9.17) is 14.2 Å². The fourth-order valence-corrected chi connectivity index (χ4v) is 2.55. The lowest BCUT2D eigenvalue weighted by atomic mass is 9.80. The van der Waals surface area contributed by atoms with Crippen molar-refractivity contribution in [2.45, 2.75) is 12.0 Å². The normalized spacial score (nSPS) is 11.0. The first kappa shape index (κ1) is 18.6. The van der Waals surface area contributed by atoms with Crippen molar-refractivity contribution in [3.63, 3.8) is 0 Å². The molecule has 132 valence electrons. The van der Waals surface area contributed by atoms with E-state index in [1.807, 2.05) is 30.3 Å². The summed E-state index contributed by atoms with van der Waals surface area (Å²) in [5, 5.41) is 0. The van der Waals surface area contributed by atoms with Crippen LogP contribution in [0.5, 0.6) is 0 Å². The van der Waals surface area contributed by atoms with Crippen molar-refractivity contribution < 1.29 is 28.2 Å². The maximum Gasteiger partial charge on any atom is 0.330 e. The number of methoxy groups -OCH3 is 2. The molecule has 0 amide bonds. The molecule has 2 rings (SSSR count). The zero-order chi connectivity index (χ0) is 18.3. The second-order valence-electron chi connectivity index (χ2n) is 5.35. The molecule has 0 aliphatic heterocycles. The lowest BCUT2D eigenvalue weighted by molar-refractivity contribution is -0.166. The van der Waals surface area contributed by atoms with E-state index >= 15 is 0 Å². The minimum atomic E-state index is -2.04. The molecule has 2 aromatic carbocycles. The van der Waals surface area contributed by atoms with Gasteiger partial charge in [-0.3, -0.25) is 9.59 Å². The maximum atomic E-state index is 14.4. The minimum Gasteiger partial charge on any atom is -0.468 e. The third-order valence-electron chi connectivity index (χ3n) is 3.83. The molecule has 5 nitrogen and oxygen atoms in total. The van der Waals surface area contributed by atoms with Gasteiger partial charge in [-0.05, 0) is 11.6 Å². The zero-order valence-corrected chi connectivity index (χ0v) is 14.0. The third-order valence-corrected chi connectivity index (χ3v) is 3.83. The van der Waals surface area contributed by atoms with Crippen LogP contribution in [0.25, 0.3) is 0 Å². The Balaban J connectivity index is 2.38. The van der Waals surface area contributed by atoms with Crippen molar-refractivity contribution in [2.24, 2.45) is 0 Å². The van der Waals surface area contributed by atoms with Crippen LogP contribution in [-0.2, 0) is 35.8 Å². The Hall–Kier alpha value is -2.73. The highest BCUT2D eigenvalue weighted by molar-refractivity contribution is 6.06. The van der Waals surface area contributed by atoms with E-state index in [0.717, 1.165) is 25.8 Å². The average Bonchev–Trinajstić information content (AvgIpc) is 2.65. The molecule has 25 heavy (non-hydrogen) atoms. The number of benzene rings is 2. The summed E-state index contributed by atoms with van der Waals surface area (Å²) in [4.78, 5) is 24.9. The Morgan fingerprint density at radius 1 is 0.920 bits per heavy atom. The van der Waals surface area contributed by atoms with Gasteiger partial charge in [0.1, 0.15) is 5.82 Å². The van der Waals surface area contributed by atoms with E-state index in [1.165, 1.54) is 18.2 Å². The number of esters is 2. The summed E-state index contributed by atoms with van der Waals surface area (Å²) in [5.74, 6) is -2.61. The standard InChI is InChI=1S/C19H19FO5/c1-23-17(21)19(18(22)24-2,15-10-6-7-11-16(15)20)13-25-12-14-8-4-3-5-9-14/h3-11H,12-13H2,1-2H3. The van der Waals surface area contributed by atoms with Crippen molar-refractivity contribution >= 4 is 11.9 Å². The number of hydrogen-bond acceptors (Lipinski definition) is 5. The predicted molar refractivity (Wildman–Crippen MR) is 88.2 cm³/mol. The predicted octanol–water partition coefficient (Wildman–Crippen LogP) is 2.63. The summed E-state index contributed by atoms with van der Waals surface area (Å²) in [5.41, 5.74) is -1.34. The van der Waals surface area contributed by atoms with E-state index in [2.05, 4.69) is 0 Å². The number of hydrogen-bond donors (Lipinski definition) is 0. The average molecular weight is 346 g/mol. The van der Waals surface area contributed by atoms with Crippen LogP contribution in [0.3, 0.4) is 0 Å². The molecule has 0 radical (unpaired) electrons. The van der Waals surface area contributed by atoms with Crippen LogP contribution in [0.2, 0.25) is 0 Å². The van der Waals surface area contributed by atoms with E-state index in [-0.39, 0.29) is 12.2 Å². The number of rotatable bonds is 7. The molecule has 6 heteroatoms. The van der Waals surface area contributed by atoms with Crippen molar-refractivity contribution in [1.82, 2.24) is 0 Å². The van der Waals surface area contributed by atoms with Crippen LogP contribution >= 0.6 is 0 Å². The number of ether oxygens (including phenoxy) is 3. The molecule has 0 bridgehead atoms. The fourth-order valence-electron chi connectivity index (χ4n) is 2.55. The molecule has 0 fully saturated rings. The molecule has 2 aromatic rings. The molecule has 0 saturated heterocycles. The summed E-state index contributed by atoms with van der Waals surface area (Å²) in [6.45, 7) is -0.271. The first-order valence-corrected chi connectivity index (χ1v) is 7.59. The van der Waals surface area contributed by atoms with Gasteiger partial charge < -0.3 is 14.2 Å². The number of carbonyl (C=O) groups is 2. The topological polar surface area (TPSA) is 61.8 Å². The van der Waals surface area contributed by atoms with Gasteiger partial charge in [0.25, 0.3) is 0 Å². The van der Waals surface area contributed by atoms with E-state index < -0.39 is 29.8 Å². The van der Waals surface area contributed by atoms with Gasteiger partial charge in [-0.2, -0.15) is 0 Å². The van der Waals surface area contributed by atoms with Crippen LogP contribution in [0.4, 0.5) is 4.39 Å². The van der Waals surface area contributed by atoms with Crippen molar-refractivity contribution in [3.8, 4) is 0 Å². The Morgan fingerprint density at radius 2 is 1.48 bits per heavy atom. The third kappa shape index (κ3) is 3.85. The molecule has 0 N–H and O–H groups in total. The molecule has 0 spiro atoms. The first-order chi connectivity index (χ1) is 12.1. The minimum absolute atomic E-state index is 0.144. The summed E-state index contributed by atoms with van der Waals surface area (Å²) >= 11 is 0. The van der Waals surface area contributed by atoms with Gasteiger partial charge in [0.2, 0.25) is 5.41 Å². The van der Waals surface area contributed by atoms with Gasteiger partial charge >= 0.3 is 11.9 Å². The van der Waals surface area contributed by atoms with Crippen LogP contribution in [0.1, 0.15) is 11.1 Å².